The highest BCUT2D eigenvalue weighted by atomic mass is 16.2. The Morgan fingerprint density at radius 3 is 2.65 bits per heavy atom. The summed E-state index contributed by atoms with van der Waals surface area (Å²) in [5, 5.41) is 4.79. The monoisotopic (exact) mass is 414 g/mol. The van der Waals surface area contributed by atoms with Gasteiger partial charge in [-0.25, -0.2) is 4.68 Å². The molecular formula is C25H26N4O2. The van der Waals surface area contributed by atoms with Crippen LogP contribution in [0.2, 0.25) is 0 Å². The van der Waals surface area contributed by atoms with E-state index in [2.05, 4.69) is 6.07 Å². The second-order valence-corrected chi connectivity index (χ2v) is 7.86. The number of piperidine rings is 1. The van der Waals surface area contributed by atoms with Gasteiger partial charge in [-0.15, -0.1) is 0 Å². The van der Waals surface area contributed by atoms with E-state index in [1.54, 1.807) is 11.0 Å². The van der Waals surface area contributed by atoms with Crippen molar-refractivity contribution in [1.82, 2.24) is 14.7 Å². The zero-order chi connectivity index (χ0) is 21.8. The first-order valence-corrected chi connectivity index (χ1v) is 10.5. The molecule has 2 heterocycles. The molecule has 1 aliphatic rings. The van der Waals surface area contributed by atoms with Crippen LogP contribution in [-0.4, -0.2) is 39.1 Å². The molecule has 1 atom stereocenters. The molecule has 1 saturated heterocycles. The summed E-state index contributed by atoms with van der Waals surface area (Å²) < 4.78 is 1.81. The number of amides is 2. The molecular weight excluding hydrogens is 388 g/mol. The van der Waals surface area contributed by atoms with Crippen LogP contribution < -0.4 is 5.73 Å². The summed E-state index contributed by atoms with van der Waals surface area (Å²) in [7, 11) is 0. The van der Waals surface area contributed by atoms with E-state index in [1.165, 1.54) is 6.08 Å². The summed E-state index contributed by atoms with van der Waals surface area (Å²) in [5.74, 6) is -0.648. The van der Waals surface area contributed by atoms with Gasteiger partial charge in [-0.2, -0.15) is 5.10 Å². The summed E-state index contributed by atoms with van der Waals surface area (Å²) in [5.41, 5.74) is 10.2. The van der Waals surface area contributed by atoms with E-state index < -0.39 is 11.9 Å². The van der Waals surface area contributed by atoms with Crippen molar-refractivity contribution in [3.63, 3.8) is 0 Å². The molecule has 6 heteroatoms. The first kappa shape index (κ1) is 20.6. The van der Waals surface area contributed by atoms with E-state index in [0.717, 1.165) is 40.9 Å². The number of carbonyl (C=O) groups is 2. The van der Waals surface area contributed by atoms with Crippen molar-refractivity contribution in [1.29, 1.82) is 0 Å². The minimum atomic E-state index is -0.533. The molecule has 4 rings (SSSR count). The molecule has 0 radical (unpaired) electrons. The number of aromatic nitrogens is 2. The maximum absolute atomic E-state index is 12.9. The number of carbonyl (C=O) groups excluding carboxylic acids is 2. The third kappa shape index (κ3) is 4.58. The van der Waals surface area contributed by atoms with Crippen molar-refractivity contribution in [3.8, 4) is 16.9 Å². The fourth-order valence-corrected chi connectivity index (χ4v) is 3.99. The van der Waals surface area contributed by atoms with Crippen molar-refractivity contribution in [2.45, 2.75) is 32.2 Å². The zero-order valence-corrected chi connectivity index (χ0v) is 17.6. The first-order valence-electron chi connectivity index (χ1n) is 10.5. The highest BCUT2D eigenvalue weighted by Crippen LogP contribution is 2.26. The standard InChI is InChI=1S/C25H26N4O2/c1-18-8-7-9-19(16-18)24-20(17-29(27-24)21-10-3-2-4-11-21)13-14-23(30)28-15-6-5-12-22(28)25(26)31/h2-4,7-11,13-14,16-17,22H,5-6,12,15H2,1H3,(H2,26,31). The number of rotatable bonds is 5. The van der Waals surface area contributed by atoms with Crippen LogP contribution in [0.25, 0.3) is 23.0 Å². The van der Waals surface area contributed by atoms with Gasteiger partial charge >= 0.3 is 0 Å². The fourth-order valence-electron chi connectivity index (χ4n) is 3.99. The van der Waals surface area contributed by atoms with Gasteiger partial charge in [0.1, 0.15) is 6.04 Å². The Morgan fingerprint density at radius 2 is 1.90 bits per heavy atom. The Hall–Kier alpha value is -3.67. The lowest BCUT2D eigenvalue weighted by molar-refractivity contribution is -0.137. The average Bonchev–Trinajstić information content (AvgIpc) is 3.22. The van der Waals surface area contributed by atoms with Crippen LogP contribution in [0.5, 0.6) is 0 Å². The predicted molar refractivity (Wildman–Crippen MR) is 121 cm³/mol. The van der Waals surface area contributed by atoms with Gasteiger partial charge < -0.3 is 10.6 Å². The number of benzene rings is 2. The average molecular weight is 415 g/mol. The third-order valence-electron chi connectivity index (χ3n) is 5.57. The Bertz CT molecular complexity index is 1120. The number of hydrogen-bond donors (Lipinski definition) is 1. The lowest BCUT2D eigenvalue weighted by atomic mass is 10.0. The van der Waals surface area contributed by atoms with Gasteiger partial charge in [-0.3, -0.25) is 9.59 Å². The second kappa shape index (κ2) is 9.00. The SMILES string of the molecule is Cc1cccc(-c2nn(-c3ccccc3)cc2C=CC(=O)N2CCCCC2C(N)=O)c1. The maximum atomic E-state index is 12.9. The van der Waals surface area contributed by atoms with Crippen LogP contribution in [0.3, 0.4) is 0 Å². The largest absolute Gasteiger partial charge is 0.368 e. The summed E-state index contributed by atoms with van der Waals surface area (Å²) in [6, 6.07) is 17.4. The van der Waals surface area contributed by atoms with E-state index in [1.807, 2.05) is 66.3 Å². The number of hydrogen-bond acceptors (Lipinski definition) is 3. The molecule has 2 aromatic carbocycles. The molecule has 1 fully saturated rings. The minimum Gasteiger partial charge on any atom is -0.368 e. The molecule has 31 heavy (non-hydrogen) atoms. The van der Waals surface area contributed by atoms with Crippen molar-refractivity contribution in [3.05, 3.63) is 78.0 Å². The molecule has 2 amide bonds. The molecule has 1 unspecified atom stereocenters. The molecule has 0 saturated carbocycles. The first-order chi connectivity index (χ1) is 15.0. The molecule has 0 bridgehead atoms. The maximum Gasteiger partial charge on any atom is 0.247 e. The normalized spacial score (nSPS) is 16.5. The van der Waals surface area contributed by atoms with Crippen molar-refractivity contribution < 1.29 is 9.59 Å². The Kier molecular flexibility index (Phi) is 5.98. The van der Waals surface area contributed by atoms with E-state index >= 15 is 0 Å². The number of nitrogens with zero attached hydrogens (tertiary/aromatic N) is 3. The molecule has 1 aliphatic heterocycles. The van der Waals surface area contributed by atoms with Crippen LogP contribution >= 0.6 is 0 Å². The molecule has 1 aromatic heterocycles. The van der Waals surface area contributed by atoms with Crippen LogP contribution in [0, 0.1) is 6.92 Å². The molecule has 3 aromatic rings. The predicted octanol–water partition coefficient (Wildman–Crippen LogP) is 3.73. The van der Waals surface area contributed by atoms with Gasteiger partial charge in [0.05, 0.1) is 11.4 Å². The van der Waals surface area contributed by atoms with E-state index in [9.17, 15) is 9.59 Å². The van der Waals surface area contributed by atoms with Crippen molar-refractivity contribution in [2.75, 3.05) is 6.54 Å². The van der Waals surface area contributed by atoms with Gasteiger partial charge in [0.25, 0.3) is 0 Å². The number of nitrogens with two attached hydrogens (primary N) is 1. The minimum absolute atomic E-state index is 0.203. The van der Waals surface area contributed by atoms with Crippen LogP contribution in [0.4, 0.5) is 0 Å². The smallest absolute Gasteiger partial charge is 0.247 e. The molecule has 6 nitrogen and oxygen atoms in total. The highest BCUT2D eigenvalue weighted by Gasteiger charge is 2.29. The number of aryl methyl sites for hydroxylation is 1. The summed E-state index contributed by atoms with van der Waals surface area (Å²) in [4.78, 5) is 26.2. The fraction of sp³-hybridized carbons (Fsp3) is 0.240. The Balaban J connectivity index is 1.68. The zero-order valence-electron chi connectivity index (χ0n) is 17.6. The van der Waals surface area contributed by atoms with E-state index in [4.69, 9.17) is 10.8 Å². The van der Waals surface area contributed by atoms with Gasteiger partial charge in [-0.1, -0.05) is 42.0 Å². The van der Waals surface area contributed by atoms with Crippen molar-refractivity contribution >= 4 is 17.9 Å². The lowest BCUT2D eigenvalue weighted by Gasteiger charge is -2.32. The second-order valence-electron chi connectivity index (χ2n) is 7.86. The third-order valence-corrected chi connectivity index (χ3v) is 5.57. The Labute approximate surface area is 182 Å². The number of para-hydroxylation sites is 1. The van der Waals surface area contributed by atoms with Gasteiger partial charge in [-0.05, 0) is 50.5 Å². The molecule has 0 spiro atoms. The molecule has 158 valence electrons. The lowest BCUT2D eigenvalue weighted by Crippen LogP contribution is -2.49. The molecule has 0 aliphatic carbocycles. The van der Waals surface area contributed by atoms with E-state index in [0.29, 0.717) is 13.0 Å². The number of primary amides is 1. The summed E-state index contributed by atoms with van der Waals surface area (Å²) >= 11 is 0. The van der Waals surface area contributed by atoms with Crippen LogP contribution in [-0.2, 0) is 9.59 Å². The van der Waals surface area contributed by atoms with Crippen LogP contribution in [0.1, 0.15) is 30.4 Å². The summed E-state index contributed by atoms with van der Waals surface area (Å²) in [6.45, 7) is 2.59. The van der Waals surface area contributed by atoms with Gasteiger partial charge in [0.15, 0.2) is 0 Å². The quantitative estimate of drug-likeness (QED) is 0.646. The summed E-state index contributed by atoms with van der Waals surface area (Å²) in [6.07, 6.45) is 7.62. The molecule has 2 N–H and O–H groups in total. The van der Waals surface area contributed by atoms with Crippen molar-refractivity contribution in [2.24, 2.45) is 5.73 Å². The Morgan fingerprint density at radius 1 is 1.10 bits per heavy atom. The van der Waals surface area contributed by atoms with Crippen LogP contribution in [0.15, 0.2) is 66.9 Å². The number of likely N-dealkylation sites (tertiary alicyclic amines) is 1. The topological polar surface area (TPSA) is 81.2 Å². The highest BCUT2D eigenvalue weighted by molar-refractivity contribution is 5.96. The van der Waals surface area contributed by atoms with Gasteiger partial charge in [0.2, 0.25) is 11.8 Å². The van der Waals surface area contributed by atoms with Gasteiger partial charge in [0, 0.05) is 29.9 Å². The van der Waals surface area contributed by atoms with E-state index in [-0.39, 0.29) is 5.91 Å².